The highest BCUT2D eigenvalue weighted by atomic mass is 16.6. The third kappa shape index (κ3) is 2.70. The molecular weight excluding hydrogens is 254 g/mol. The van der Waals surface area contributed by atoms with E-state index in [1.165, 1.54) is 24.2 Å². The number of likely N-dealkylation sites (N-methyl/N-ethyl adjacent to an activating group) is 1. The molecule has 0 radical (unpaired) electrons. The van der Waals surface area contributed by atoms with Gasteiger partial charge in [-0.15, -0.1) is 0 Å². The number of rotatable bonds is 3. The highest BCUT2D eigenvalue weighted by Gasteiger charge is 2.51. The summed E-state index contributed by atoms with van der Waals surface area (Å²) in [5, 5.41) is 0. The van der Waals surface area contributed by atoms with Gasteiger partial charge in [0, 0.05) is 7.05 Å². The molecule has 114 valence electrons. The minimum Gasteiger partial charge on any atom is -0.444 e. The fraction of sp³-hybridized carbons (Fsp3) is 0.875. The van der Waals surface area contributed by atoms with Gasteiger partial charge in [-0.05, 0) is 64.7 Å². The lowest BCUT2D eigenvalue weighted by atomic mass is 9.75. The predicted octanol–water partition coefficient (Wildman–Crippen LogP) is 3.25. The van der Waals surface area contributed by atoms with E-state index in [1.54, 1.807) is 7.05 Å². The van der Waals surface area contributed by atoms with Crippen LogP contribution in [0.3, 0.4) is 0 Å². The molecule has 1 amide bonds. The summed E-state index contributed by atoms with van der Waals surface area (Å²) < 4.78 is 5.42. The Morgan fingerprint density at radius 3 is 2.25 bits per heavy atom. The van der Waals surface area contributed by atoms with E-state index >= 15 is 0 Å². The molecule has 4 unspecified atom stereocenters. The Hall–Kier alpha value is -1.06. The zero-order chi connectivity index (χ0) is 15.1. The van der Waals surface area contributed by atoms with E-state index in [0.29, 0.717) is 5.92 Å². The first-order chi connectivity index (χ1) is 9.17. The SMILES string of the molecule is CN(C(=O)OC(C)(C)C)C(C)(C=O)C1CC2CCC1C2. The van der Waals surface area contributed by atoms with Gasteiger partial charge in [0.15, 0.2) is 0 Å². The zero-order valence-electron chi connectivity index (χ0n) is 13.3. The summed E-state index contributed by atoms with van der Waals surface area (Å²) in [6.45, 7) is 7.41. The number of hydrogen-bond acceptors (Lipinski definition) is 3. The number of carbonyl (C=O) groups is 2. The normalized spacial score (nSPS) is 31.8. The molecule has 0 aromatic carbocycles. The Labute approximate surface area is 121 Å². The quantitative estimate of drug-likeness (QED) is 0.746. The Bertz CT molecular complexity index is 401. The van der Waals surface area contributed by atoms with Crippen molar-refractivity contribution in [2.24, 2.45) is 17.8 Å². The van der Waals surface area contributed by atoms with Gasteiger partial charge >= 0.3 is 6.09 Å². The van der Waals surface area contributed by atoms with E-state index in [0.717, 1.165) is 18.6 Å². The molecule has 2 saturated carbocycles. The number of carbonyl (C=O) groups excluding carboxylic acids is 2. The fourth-order valence-electron chi connectivity index (χ4n) is 3.90. The lowest BCUT2D eigenvalue weighted by Gasteiger charge is -2.42. The minimum atomic E-state index is -0.748. The van der Waals surface area contributed by atoms with Crippen LogP contribution in [0.15, 0.2) is 0 Å². The third-order valence-corrected chi connectivity index (χ3v) is 5.12. The van der Waals surface area contributed by atoms with Crippen LogP contribution in [0.4, 0.5) is 4.79 Å². The molecule has 2 fully saturated rings. The van der Waals surface area contributed by atoms with Gasteiger partial charge in [-0.1, -0.05) is 6.42 Å². The van der Waals surface area contributed by atoms with E-state index in [9.17, 15) is 9.59 Å². The average Bonchev–Trinajstić information content (AvgIpc) is 2.97. The second kappa shape index (κ2) is 5.05. The van der Waals surface area contributed by atoms with Crippen LogP contribution in [-0.2, 0) is 9.53 Å². The number of fused-ring (bicyclic) bond motifs is 2. The standard InChI is InChI=1S/C16H27NO3/c1-15(2,3)20-14(19)17(5)16(4,10-18)13-9-11-6-7-12(13)8-11/h10-13H,6-9H2,1-5H3. The van der Waals surface area contributed by atoms with Gasteiger partial charge in [0.05, 0.1) is 0 Å². The van der Waals surface area contributed by atoms with E-state index in [-0.39, 0.29) is 5.92 Å². The lowest BCUT2D eigenvalue weighted by Crippen LogP contribution is -2.56. The smallest absolute Gasteiger partial charge is 0.410 e. The molecule has 4 nitrogen and oxygen atoms in total. The highest BCUT2D eigenvalue weighted by Crippen LogP contribution is 2.52. The minimum absolute atomic E-state index is 0.274. The summed E-state index contributed by atoms with van der Waals surface area (Å²) in [6.07, 6.45) is 5.30. The van der Waals surface area contributed by atoms with Crippen LogP contribution in [0.1, 0.15) is 53.4 Å². The van der Waals surface area contributed by atoms with E-state index in [1.807, 2.05) is 27.7 Å². The molecular formula is C16H27NO3. The summed E-state index contributed by atoms with van der Waals surface area (Å²) in [6, 6.07) is 0. The molecule has 0 aromatic rings. The molecule has 0 saturated heterocycles. The predicted molar refractivity (Wildman–Crippen MR) is 77.4 cm³/mol. The summed E-state index contributed by atoms with van der Waals surface area (Å²) in [5.41, 5.74) is -1.29. The summed E-state index contributed by atoms with van der Waals surface area (Å²) in [4.78, 5) is 25.5. The number of amides is 1. The molecule has 2 aliphatic rings. The first-order valence-electron chi connectivity index (χ1n) is 7.60. The second-order valence-corrected chi connectivity index (χ2v) is 7.66. The Balaban J connectivity index is 2.13. The van der Waals surface area contributed by atoms with Crippen molar-refractivity contribution in [3.63, 3.8) is 0 Å². The Kier molecular flexibility index (Phi) is 3.87. The maximum atomic E-state index is 12.3. The van der Waals surface area contributed by atoms with E-state index in [2.05, 4.69) is 0 Å². The Morgan fingerprint density at radius 1 is 1.20 bits per heavy atom. The van der Waals surface area contributed by atoms with Crippen LogP contribution in [-0.4, -0.2) is 35.5 Å². The van der Waals surface area contributed by atoms with Gasteiger partial charge in [-0.3, -0.25) is 4.90 Å². The van der Waals surface area contributed by atoms with Crippen LogP contribution in [0.2, 0.25) is 0 Å². The fourth-order valence-corrected chi connectivity index (χ4v) is 3.90. The monoisotopic (exact) mass is 281 g/mol. The summed E-state index contributed by atoms with van der Waals surface area (Å²) >= 11 is 0. The van der Waals surface area contributed by atoms with Crippen molar-refractivity contribution in [2.75, 3.05) is 7.05 Å². The van der Waals surface area contributed by atoms with Crippen molar-refractivity contribution < 1.29 is 14.3 Å². The molecule has 2 bridgehead atoms. The lowest BCUT2D eigenvalue weighted by molar-refractivity contribution is -0.121. The van der Waals surface area contributed by atoms with Crippen LogP contribution in [0, 0.1) is 17.8 Å². The molecule has 0 aliphatic heterocycles. The number of ether oxygens (including phenoxy) is 1. The first-order valence-corrected chi connectivity index (χ1v) is 7.60. The van der Waals surface area contributed by atoms with Gasteiger partial charge in [-0.25, -0.2) is 4.79 Å². The molecule has 4 heteroatoms. The molecule has 2 aliphatic carbocycles. The Morgan fingerprint density at radius 2 is 1.85 bits per heavy atom. The van der Waals surface area contributed by atoms with Gasteiger partial charge in [0.2, 0.25) is 0 Å². The maximum Gasteiger partial charge on any atom is 0.410 e. The first kappa shape index (κ1) is 15.3. The molecule has 0 aromatic heterocycles. The molecule has 20 heavy (non-hydrogen) atoms. The molecule has 0 heterocycles. The number of hydrogen-bond donors (Lipinski definition) is 0. The molecule has 2 rings (SSSR count). The van der Waals surface area contributed by atoms with Gasteiger partial charge in [-0.2, -0.15) is 0 Å². The average molecular weight is 281 g/mol. The summed E-state index contributed by atoms with van der Waals surface area (Å²) in [7, 11) is 1.69. The van der Waals surface area contributed by atoms with Crippen molar-refractivity contribution >= 4 is 12.4 Å². The zero-order valence-corrected chi connectivity index (χ0v) is 13.3. The van der Waals surface area contributed by atoms with Gasteiger partial charge in [0.1, 0.15) is 17.4 Å². The van der Waals surface area contributed by atoms with Gasteiger partial charge < -0.3 is 9.53 Å². The third-order valence-electron chi connectivity index (χ3n) is 5.12. The van der Waals surface area contributed by atoms with Crippen molar-refractivity contribution in [1.29, 1.82) is 0 Å². The molecule has 4 atom stereocenters. The van der Waals surface area contributed by atoms with E-state index in [4.69, 9.17) is 4.74 Å². The van der Waals surface area contributed by atoms with Crippen molar-refractivity contribution in [3.05, 3.63) is 0 Å². The maximum absolute atomic E-state index is 12.3. The summed E-state index contributed by atoms with van der Waals surface area (Å²) in [5.74, 6) is 1.60. The van der Waals surface area contributed by atoms with Crippen LogP contribution < -0.4 is 0 Å². The number of aldehydes is 1. The topological polar surface area (TPSA) is 46.6 Å². The van der Waals surface area contributed by atoms with E-state index < -0.39 is 17.2 Å². The number of nitrogens with zero attached hydrogens (tertiary/aromatic N) is 1. The molecule has 0 N–H and O–H groups in total. The molecule has 0 spiro atoms. The van der Waals surface area contributed by atoms with Gasteiger partial charge in [0.25, 0.3) is 0 Å². The van der Waals surface area contributed by atoms with Crippen molar-refractivity contribution in [3.8, 4) is 0 Å². The van der Waals surface area contributed by atoms with Crippen molar-refractivity contribution in [2.45, 2.75) is 64.5 Å². The largest absolute Gasteiger partial charge is 0.444 e. The van der Waals surface area contributed by atoms with Crippen LogP contribution >= 0.6 is 0 Å². The van der Waals surface area contributed by atoms with Crippen LogP contribution in [0.5, 0.6) is 0 Å². The van der Waals surface area contributed by atoms with Crippen LogP contribution in [0.25, 0.3) is 0 Å². The second-order valence-electron chi connectivity index (χ2n) is 7.66. The highest BCUT2D eigenvalue weighted by molar-refractivity contribution is 5.76. The van der Waals surface area contributed by atoms with Crippen molar-refractivity contribution in [1.82, 2.24) is 4.90 Å².